The Morgan fingerprint density at radius 2 is 1.79 bits per heavy atom. The van der Waals surface area contributed by atoms with E-state index in [1.54, 1.807) is 6.26 Å². The van der Waals surface area contributed by atoms with Crippen molar-refractivity contribution in [2.75, 3.05) is 32.7 Å². The minimum Gasteiger partial charge on any atom is -0.447 e. The number of hydrogen-bond donors (Lipinski definition) is 0. The molecule has 2 aliphatic rings. The third kappa shape index (κ3) is 5.06. The Bertz CT molecular complexity index is 783. The van der Waals surface area contributed by atoms with Crippen LogP contribution in [0, 0.1) is 0 Å². The molecule has 0 spiro atoms. The van der Waals surface area contributed by atoms with E-state index in [1.165, 1.54) is 5.56 Å². The molecule has 1 aromatic heterocycles. The molecule has 0 unspecified atom stereocenters. The van der Waals surface area contributed by atoms with Gasteiger partial charge in [0.15, 0.2) is 5.69 Å². The highest BCUT2D eigenvalue weighted by atomic mass is 16.3. The number of benzene rings is 1. The number of carbonyl (C=O) groups excluding carboxylic acids is 1. The highest BCUT2D eigenvalue weighted by molar-refractivity contribution is 5.92. The second-order valence-corrected chi connectivity index (χ2v) is 8.25. The van der Waals surface area contributed by atoms with E-state index in [0.29, 0.717) is 24.2 Å². The lowest BCUT2D eigenvalue weighted by atomic mass is 10.1. The molecule has 1 aromatic carbocycles. The van der Waals surface area contributed by atoms with Gasteiger partial charge in [-0.1, -0.05) is 43.7 Å². The molecule has 3 heterocycles. The fourth-order valence-corrected chi connectivity index (χ4v) is 4.50. The number of piperazine rings is 1. The van der Waals surface area contributed by atoms with Gasteiger partial charge in [-0.2, -0.15) is 0 Å². The Hall–Kier alpha value is -2.18. The first-order valence-corrected chi connectivity index (χ1v) is 11.0. The standard InChI is InChI=1S/C23H32N4O2/c1-2-7-20-10-6-11-27(20)23(28)21-18-29-22(24-21)17-26-14-12-25(13-15-26)16-19-8-4-3-5-9-19/h3-5,8-9,18,20H,2,6-7,10-17H2,1H3/t20-/m1/s1. The van der Waals surface area contributed by atoms with Gasteiger partial charge >= 0.3 is 0 Å². The monoisotopic (exact) mass is 396 g/mol. The van der Waals surface area contributed by atoms with Crippen molar-refractivity contribution in [3.8, 4) is 0 Å². The van der Waals surface area contributed by atoms with Crippen molar-refractivity contribution in [2.24, 2.45) is 0 Å². The molecule has 0 N–H and O–H groups in total. The smallest absolute Gasteiger partial charge is 0.276 e. The minimum absolute atomic E-state index is 0.0311. The highest BCUT2D eigenvalue weighted by Gasteiger charge is 2.30. The summed E-state index contributed by atoms with van der Waals surface area (Å²) in [4.78, 5) is 24.2. The van der Waals surface area contributed by atoms with Crippen LogP contribution in [-0.2, 0) is 13.1 Å². The number of aromatic nitrogens is 1. The summed E-state index contributed by atoms with van der Waals surface area (Å²) in [5, 5.41) is 0. The van der Waals surface area contributed by atoms with E-state index in [4.69, 9.17) is 4.42 Å². The fourth-order valence-electron chi connectivity index (χ4n) is 4.50. The normalized spacial score (nSPS) is 21.0. The molecule has 2 aliphatic heterocycles. The molecule has 0 radical (unpaired) electrons. The first kappa shape index (κ1) is 20.1. The number of nitrogens with zero attached hydrogens (tertiary/aromatic N) is 4. The van der Waals surface area contributed by atoms with E-state index in [2.05, 4.69) is 52.0 Å². The van der Waals surface area contributed by atoms with E-state index in [1.807, 2.05) is 4.90 Å². The summed E-state index contributed by atoms with van der Waals surface area (Å²) in [5.74, 6) is 0.680. The van der Waals surface area contributed by atoms with Gasteiger partial charge in [-0.3, -0.25) is 14.6 Å². The van der Waals surface area contributed by atoms with Crippen molar-refractivity contribution in [3.63, 3.8) is 0 Å². The maximum absolute atomic E-state index is 12.8. The summed E-state index contributed by atoms with van der Waals surface area (Å²) in [7, 11) is 0. The molecule has 2 fully saturated rings. The first-order chi connectivity index (χ1) is 14.2. The number of amides is 1. The fraction of sp³-hybridized carbons (Fsp3) is 0.565. The number of hydrogen-bond acceptors (Lipinski definition) is 5. The SMILES string of the molecule is CCC[C@@H]1CCCN1C(=O)c1coc(CN2CCN(Cc3ccccc3)CC2)n1. The van der Waals surface area contributed by atoms with E-state index < -0.39 is 0 Å². The second kappa shape index (κ2) is 9.55. The van der Waals surface area contributed by atoms with Crippen molar-refractivity contribution in [2.45, 2.75) is 51.7 Å². The molecule has 6 heteroatoms. The Balaban J connectivity index is 1.27. The Morgan fingerprint density at radius 1 is 1.07 bits per heavy atom. The largest absolute Gasteiger partial charge is 0.447 e. The molecule has 1 atom stereocenters. The number of oxazole rings is 1. The van der Waals surface area contributed by atoms with Crippen LogP contribution >= 0.6 is 0 Å². The summed E-state index contributed by atoms with van der Waals surface area (Å²) in [6.07, 6.45) is 5.93. The minimum atomic E-state index is 0.0311. The van der Waals surface area contributed by atoms with Crippen LogP contribution in [0.15, 0.2) is 41.0 Å². The van der Waals surface area contributed by atoms with Gasteiger partial charge in [0.05, 0.1) is 6.54 Å². The van der Waals surface area contributed by atoms with E-state index in [0.717, 1.165) is 65.0 Å². The second-order valence-electron chi connectivity index (χ2n) is 8.25. The number of rotatable bonds is 7. The van der Waals surface area contributed by atoms with Crippen LogP contribution in [0.3, 0.4) is 0 Å². The van der Waals surface area contributed by atoms with Gasteiger partial charge < -0.3 is 9.32 Å². The number of likely N-dealkylation sites (tertiary alicyclic amines) is 1. The van der Waals surface area contributed by atoms with Crippen LogP contribution in [-0.4, -0.2) is 64.4 Å². The van der Waals surface area contributed by atoms with E-state index in [-0.39, 0.29) is 5.91 Å². The lowest BCUT2D eigenvalue weighted by Gasteiger charge is -2.34. The number of carbonyl (C=O) groups is 1. The molecule has 4 rings (SSSR count). The molecule has 1 amide bonds. The summed E-state index contributed by atoms with van der Waals surface area (Å²) in [5.41, 5.74) is 1.82. The lowest BCUT2D eigenvalue weighted by Crippen LogP contribution is -2.45. The molecule has 2 saturated heterocycles. The zero-order valence-corrected chi connectivity index (χ0v) is 17.4. The van der Waals surface area contributed by atoms with Crippen LogP contribution in [0.5, 0.6) is 0 Å². The molecule has 2 aromatic rings. The molecule has 0 aliphatic carbocycles. The predicted octanol–water partition coefficient (Wildman–Crippen LogP) is 3.40. The van der Waals surface area contributed by atoms with Gasteiger partial charge in [0, 0.05) is 45.3 Å². The van der Waals surface area contributed by atoms with Crippen LogP contribution in [0.25, 0.3) is 0 Å². The van der Waals surface area contributed by atoms with Gasteiger partial charge in [-0.05, 0) is 24.8 Å². The van der Waals surface area contributed by atoms with Crippen molar-refractivity contribution < 1.29 is 9.21 Å². The van der Waals surface area contributed by atoms with Crippen LogP contribution in [0.1, 0.15) is 54.5 Å². The highest BCUT2D eigenvalue weighted by Crippen LogP contribution is 2.23. The third-order valence-corrected chi connectivity index (χ3v) is 6.10. The maximum Gasteiger partial charge on any atom is 0.276 e. The average Bonchev–Trinajstić information content (AvgIpc) is 3.40. The molecule has 29 heavy (non-hydrogen) atoms. The quantitative estimate of drug-likeness (QED) is 0.718. The summed E-state index contributed by atoms with van der Waals surface area (Å²) in [6.45, 7) is 8.74. The summed E-state index contributed by atoms with van der Waals surface area (Å²) >= 11 is 0. The Morgan fingerprint density at radius 3 is 2.52 bits per heavy atom. The maximum atomic E-state index is 12.8. The van der Waals surface area contributed by atoms with Gasteiger partial charge in [0.2, 0.25) is 5.89 Å². The van der Waals surface area contributed by atoms with Gasteiger partial charge in [0.25, 0.3) is 5.91 Å². The van der Waals surface area contributed by atoms with Crippen LogP contribution in [0.2, 0.25) is 0 Å². The zero-order valence-electron chi connectivity index (χ0n) is 17.4. The predicted molar refractivity (Wildman–Crippen MR) is 112 cm³/mol. The van der Waals surface area contributed by atoms with Gasteiger partial charge in [-0.15, -0.1) is 0 Å². The van der Waals surface area contributed by atoms with Gasteiger partial charge in [-0.25, -0.2) is 4.98 Å². The average molecular weight is 397 g/mol. The summed E-state index contributed by atoms with van der Waals surface area (Å²) < 4.78 is 5.65. The first-order valence-electron chi connectivity index (χ1n) is 11.0. The molecule has 6 nitrogen and oxygen atoms in total. The lowest BCUT2D eigenvalue weighted by molar-refractivity contribution is 0.0724. The molecular formula is C23H32N4O2. The molecular weight excluding hydrogens is 364 g/mol. The van der Waals surface area contributed by atoms with E-state index >= 15 is 0 Å². The molecule has 156 valence electrons. The van der Waals surface area contributed by atoms with Crippen molar-refractivity contribution in [1.82, 2.24) is 19.7 Å². The Labute approximate surface area is 173 Å². The van der Waals surface area contributed by atoms with E-state index in [9.17, 15) is 4.79 Å². The molecule has 0 saturated carbocycles. The molecule has 0 bridgehead atoms. The van der Waals surface area contributed by atoms with Crippen LogP contribution in [0.4, 0.5) is 0 Å². The Kier molecular flexibility index (Phi) is 6.62. The van der Waals surface area contributed by atoms with Crippen LogP contribution < -0.4 is 0 Å². The zero-order chi connectivity index (χ0) is 20.1. The third-order valence-electron chi connectivity index (χ3n) is 6.10. The topological polar surface area (TPSA) is 52.8 Å². The van der Waals surface area contributed by atoms with Crippen molar-refractivity contribution in [1.29, 1.82) is 0 Å². The van der Waals surface area contributed by atoms with Crippen molar-refractivity contribution in [3.05, 3.63) is 53.7 Å². The van der Waals surface area contributed by atoms with Gasteiger partial charge in [0.1, 0.15) is 6.26 Å². The van der Waals surface area contributed by atoms with Crippen molar-refractivity contribution >= 4 is 5.91 Å². The summed E-state index contributed by atoms with van der Waals surface area (Å²) in [6, 6.07) is 11.0.